The van der Waals surface area contributed by atoms with Crippen molar-refractivity contribution in [2.24, 2.45) is 27.7 Å². The van der Waals surface area contributed by atoms with Crippen LogP contribution in [0.5, 0.6) is 0 Å². The van der Waals surface area contributed by atoms with Crippen molar-refractivity contribution in [3.05, 3.63) is 22.4 Å². The number of anilines is 2. The van der Waals surface area contributed by atoms with E-state index >= 15 is 0 Å². The Labute approximate surface area is 217 Å². The first-order valence-corrected chi connectivity index (χ1v) is 13.9. The zero-order valence-electron chi connectivity index (χ0n) is 21.4. The molecular weight excluding hydrogens is 474 g/mol. The fraction of sp³-hybridized carbons (Fsp3) is 0.640. The van der Waals surface area contributed by atoms with Gasteiger partial charge in [0.25, 0.3) is 0 Å². The van der Waals surface area contributed by atoms with Gasteiger partial charge in [0, 0.05) is 24.0 Å². The molecule has 2 aromatic heterocycles. The normalized spacial score (nSPS) is 18.9. The van der Waals surface area contributed by atoms with Crippen LogP contribution in [0.3, 0.4) is 0 Å². The molecule has 196 valence electrons. The van der Waals surface area contributed by atoms with Gasteiger partial charge < -0.3 is 21.2 Å². The van der Waals surface area contributed by atoms with E-state index in [1.165, 1.54) is 51.4 Å². The third kappa shape index (κ3) is 6.31. The molecular formula is C25H39N9OS. The van der Waals surface area contributed by atoms with E-state index in [9.17, 15) is 5.21 Å². The van der Waals surface area contributed by atoms with Gasteiger partial charge in [-0.15, -0.1) is 11.3 Å². The number of aliphatic imine (C=N–C) groups is 1. The lowest BCUT2D eigenvalue weighted by Crippen LogP contribution is -2.40. The van der Waals surface area contributed by atoms with Crippen LogP contribution < -0.4 is 21.3 Å². The SMILES string of the molecule is C=Nc1nc(/C(N)=N/O)nc(N[C@H](C)C2CCC2)c1N(CNC(C)c1cscn1)CC1CCCCC1. The predicted octanol–water partition coefficient (Wildman–Crippen LogP) is 4.66. The second-order valence-corrected chi connectivity index (χ2v) is 10.8. The fourth-order valence-electron chi connectivity index (χ4n) is 5.08. The zero-order chi connectivity index (χ0) is 25.5. The van der Waals surface area contributed by atoms with Crippen molar-refractivity contribution in [1.82, 2.24) is 20.3 Å². The third-order valence-corrected chi connectivity index (χ3v) is 8.18. The fourth-order valence-corrected chi connectivity index (χ4v) is 5.73. The summed E-state index contributed by atoms with van der Waals surface area (Å²) in [5.74, 6) is 2.22. The Hall–Kier alpha value is -2.79. The summed E-state index contributed by atoms with van der Waals surface area (Å²) < 4.78 is 0. The highest BCUT2D eigenvalue weighted by Crippen LogP contribution is 2.38. The summed E-state index contributed by atoms with van der Waals surface area (Å²) in [6.07, 6.45) is 9.90. The Morgan fingerprint density at radius 3 is 2.61 bits per heavy atom. The third-order valence-electron chi connectivity index (χ3n) is 7.58. The quantitative estimate of drug-likeness (QED) is 0.106. The summed E-state index contributed by atoms with van der Waals surface area (Å²) in [7, 11) is 0. The van der Waals surface area contributed by atoms with Crippen LogP contribution in [0.1, 0.15) is 82.8 Å². The molecule has 1 unspecified atom stereocenters. The van der Waals surface area contributed by atoms with Crippen molar-refractivity contribution in [1.29, 1.82) is 0 Å². The molecule has 2 aromatic rings. The summed E-state index contributed by atoms with van der Waals surface area (Å²) in [6, 6.07) is 0.316. The lowest BCUT2D eigenvalue weighted by Gasteiger charge is -2.36. The molecule has 0 saturated heterocycles. The molecule has 11 heteroatoms. The van der Waals surface area contributed by atoms with Gasteiger partial charge in [-0.05, 0) is 58.1 Å². The monoisotopic (exact) mass is 513 g/mol. The lowest BCUT2D eigenvalue weighted by molar-refractivity contribution is 0.285. The lowest BCUT2D eigenvalue weighted by atomic mass is 9.80. The van der Waals surface area contributed by atoms with Gasteiger partial charge in [-0.25, -0.2) is 19.9 Å². The molecule has 0 amide bonds. The summed E-state index contributed by atoms with van der Waals surface area (Å²) in [4.78, 5) is 20.3. The zero-order valence-corrected chi connectivity index (χ0v) is 22.2. The van der Waals surface area contributed by atoms with Crippen LogP contribution in [0.2, 0.25) is 0 Å². The van der Waals surface area contributed by atoms with Crippen molar-refractivity contribution in [3.8, 4) is 0 Å². The summed E-state index contributed by atoms with van der Waals surface area (Å²) in [5, 5.41) is 21.7. The van der Waals surface area contributed by atoms with Gasteiger partial charge >= 0.3 is 0 Å². The molecule has 36 heavy (non-hydrogen) atoms. The number of hydrogen-bond donors (Lipinski definition) is 4. The molecule has 4 rings (SSSR count). The number of aromatic nitrogens is 3. The van der Waals surface area contributed by atoms with E-state index < -0.39 is 0 Å². The number of nitrogens with zero attached hydrogens (tertiary/aromatic N) is 6. The Kier molecular flexibility index (Phi) is 9.08. The van der Waals surface area contributed by atoms with E-state index in [0.29, 0.717) is 30.1 Å². The molecule has 5 N–H and O–H groups in total. The van der Waals surface area contributed by atoms with Crippen molar-refractivity contribution in [2.45, 2.75) is 77.3 Å². The average Bonchev–Trinajstić information content (AvgIpc) is 3.40. The summed E-state index contributed by atoms with van der Waals surface area (Å²) >= 11 is 1.60. The Bertz CT molecular complexity index is 1020. The van der Waals surface area contributed by atoms with Gasteiger partial charge in [0.15, 0.2) is 11.6 Å². The van der Waals surface area contributed by atoms with Crippen LogP contribution in [-0.4, -0.2) is 52.0 Å². The van der Waals surface area contributed by atoms with E-state index in [2.05, 4.69) is 61.6 Å². The first-order chi connectivity index (χ1) is 17.5. The summed E-state index contributed by atoms with van der Waals surface area (Å²) in [5.41, 5.74) is 9.58. The number of nitrogens with one attached hydrogen (secondary N) is 2. The van der Waals surface area contributed by atoms with Crippen molar-refractivity contribution in [2.75, 3.05) is 23.4 Å². The molecule has 0 spiro atoms. The van der Waals surface area contributed by atoms with Gasteiger partial charge in [-0.3, -0.25) is 5.32 Å². The maximum Gasteiger partial charge on any atom is 0.208 e. The van der Waals surface area contributed by atoms with Crippen LogP contribution in [0, 0.1) is 11.8 Å². The molecule has 0 bridgehead atoms. The van der Waals surface area contributed by atoms with E-state index in [0.717, 1.165) is 17.9 Å². The van der Waals surface area contributed by atoms with E-state index in [4.69, 9.17) is 10.7 Å². The van der Waals surface area contributed by atoms with Crippen molar-refractivity contribution >= 4 is 41.2 Å². The molecule has 0 aromatic carbocycles. The Morgan fingerprint density at radius 2 is 2.00 bits per heavy atom. The molecule has 2 saturated carbocycles. The average molecular weight is 514 g/mol. The van der Waals surface area contributed by atoms with Gasteiger partial charge in [0.05, 0.1) is 17.9 Å². The molecule has 2 atom stereocenters. The van der Waals surface area contributed by atoms with E-state index in [1.807, 2.05) is 5.51 Å². The van der Waals surface area contributed by atoms with Crippen LogP contribution in [-0.2, 0) is 0 Å². The molecule has 0 aliphatic heterocycles. The minimum atomic E-state index is -0.153. The Balaban J connectivity index is 1.69. The minimum Gasteiger partial charge on any atom is -0.409 e. The standard InChI is InChI=1S/C25H39N9OS/c1-16(19-10-7-11-19)30-24-21(23(27-3)31-25(32-24)22(26)33-35)34(12-18-8-5-4-6-9-18)14-28-17(2)20-13-36-15-29-20/h13,15-19,28,35H,3-12,14H2,1-2H3,(H2,26,33)(H,30,31,32)/t16-,17?/m1/s1. The number of hydrogen-bond acceptors (Lipinski definition) is 10. The molecule has 2 aliphatic rings. The smallest absolute Gasteiger partial charge is 0.208 e. The maximum absolute atomic E-state index is 9.28. The van der Waals surface area contributed by atoms with Crippen LogP contribution in [0.25, 0.3) is 0 Å². The highest BCUT2D eigenvalue weighted by Gasteiger charge is 2.29. The van der Waals surface area contributed by atoms with Gasteiger partial charge in [0.1, 0.15) is 5.69 Å². The molecule has 0 radical (unpaired) electrons. The van der Waals surface area contributed by atoms with Gasteiger partial charge in [-0.2, -0.15) is 0 Å². The number of nitrogens with two attached hydrogens (primary N) is 1. The Morgan fingerprint density at radius 1 is 1.22 bits per heavy atom. The molecule has 2 aliphatic carbocycles. The highest BCUT2D eigenvalue weighted by molar-refractivity contribution is 7.07. The van der Waals surface area contributed by atoms with E-state index in [1.54, 1.807) is 11.3 Å². The van der Waals surface area contributed by atoms with Crippen molar-refractivity contribution in [3.63, 3.8) is 0 Å². The molecule has 10 nitrogen and oxygen atoms in total. The minimum absolute atomic E-state index is 0.0907. The topological polar surface area (TPSA) is 137 Å². The largest absolute Gasteiger partial charge is 0.409 e. The molecule has 2 heterocycles. The first kappa shape index (κ1) is 26.3. The molecule has 2 fully saturated rings. The highest BCUT2D eigenvalue weighted by atomic mass is 32.1. The predicted molar refractivity (Wildman–Crippen MR) is 147 cm³/mol. The number of rotatable bonds is 12. The maximum atomic E-state index is 9.28. The van der Waals surface area contributed by atoms with E-state index in [-0.39, 0.29) is 23.7 Å². The van der Waals surface area contributed by atoms with Gasteiger partial charge in [0.2, 0.25) is 11.7 Å². The van der Waals surface area contributed by atoms with Crippen LogP contribution in [0.4, 0.5) is 17.3 Å². The second kappa shape index (κ2) is 12.4. The number of oxime groups is 1. The van der Waals surface area contributed by atoms with Gasteiger partial charge in [-0.1, -0.05) is 30.8 Å². The van der Waals surface area contributed by atoms with Crippen LogP contribution >= 0.6 is 11.3 Å². The number of amidine groups is 1. The van der Waals surface area contributed by atoms with Crippen LogP contribution in [0.15, 0.2) is 21.0 Å². The first-order valence-electron chi connectivity index (χ1n) is 13.0. The van der Waals surface area contributed by atoms with Crippen molar-refractivity contribution < 1.29 is 5.21 Å². The summed E-state index contributed by atoms with van der Waals surface area (Å²) in [6.45, 7) is 9.55. The number of thiazole rings is 1. The second-order valence-electron chi connectivity index (χ2n) is 10.1.